The molecule has 10 N–H and O–H groups in total. The first-order chi connectivity index (χ1) is 27.9. The summed E-state index contributed by atoms with van der Waals surface area (Å²) in [4.78, 5) is 77.4. The molecule has 0 saturated carbocycles. The second-order valence-electron chi connectivity index (χ2n) is 13.0. The van der Waals surface area contributed by atoms with Gasteiger partial charge in [0, 0.05) is 52.4 Å². The van der Waals surface area contributed by atoms with Crippen LogP contribution in [0.4, 0.5) is 20.2 Å². The van der Waals surface area contributed by atoms with Crippen LogP contribution in [0, 0.1) is 39.3 Å². The standard InChI is InChI=1S/C20H20FN3O5.C19H18FN3O5.CH4O/c1-9-15(7-13-12-6-11(21)4-5-14(12)24-18(13)26)23-10(2)17(9)19(27)22-8-16(25)20(28)29-3;1-8-14(6-12-11-5-10(20)3-4-13(11)23-17(12)25)22-9(2)16(8)18(26)21-7-15(24)19(27)28;1-2/h4-7,16,23,25H,8H2,1-3H3,(H,22,27)(H,24,26);3-6,15,22,24H,7H2,1-2H3,(H,21,26)(H,23,25)(H,27,28);2H,1H3/b13-7-;12-6-;/t16-;15-;/m00./s1. The summed E-state index contributed by atoms with van der Waals surface area (Å²) in [6, 6.07) is 8.00. The maximum Gasteiger partial charge on any atom is 0.336 e. The molecule has 19 heteroatoms. The van der Waals surface area contributed by atoms with Crippen molar-refractivity contribution in [3.8, 4) is 0 Å². The summed E-state index contributed by atoms with van der Waals surface area (Å²) in [6.45, 7) is 5.95. The lowest BCUT2D eigenvalue weighted by Gasteiger charge is -2.10. The molecular weight excluding hydrogens is 778 g/mol. The number of carboxylic acid groups (broad SMARTS) is 1. The van der Waals surface area contributed by atoms with Gasteiger partial charge in [-0.05, 0) is 87.4 Å². The van der Waals surface area contributed by atoms with Gasteiger partial charge in [0.2, 0.25) is 0 Å². The Labute approximate surface area is 335 Å². The number of carbonyl (C=O) groups excluding carboxylic acids is 5. The lowest BCUT2D eigenvalue weighted by molar-refractivity contribution is -0.150. The number of nitrogens with one attached hydrogen (secondary N) is 6. The van der Waals surface area contributed by atoms with Crippen molar-refractivity contribution in [2.24, 2.45) is 0 Å². The molecule has 0 unspecified atom stereocenters. The smallest absolute Gasteiger partial charge is 0.336 e. The van der Waals surface area contributed by atoms with Crippen molar-refractivity contribution >= 4 is 70.2 Å². The van der Waals surface area contributed by atoms with Crippen LogP contribution in [-0.2, 0) is 23.9 Å². The van der Waals surface area contributed by atoms with Gasteiger partial charge >= 0.3 is 11.9 Å². The molecule has 4 amide bonds. The van der Waals surface area contributed by atoms with Crippen molar-refractivity contribution in [3.05, 3.63) is 104 Å². The van der Waals surface area contributed by atoms with Crippen molar-refractivity contribution in [3.63, 3.8) is 0 Å². The number of aromatic nitrogens is 2. The Hall–Kier alpha value is -6.96. The lowest BCUT2D eigenvalue weighted by atomic mass is 10.0. The molecular formula is C40H42F2N6O11. The van der Waals surface area contributed by atoms with Crippen molar-refractivity contribution in [2.75, 3.05) is 37.9 Å². The normalized spacial score (nSPS) is 14.8. The van der Waals surface area contributed by atoms with Gasteiger partial charge in [-0.1, -0.05) is 0 Å². The molecule has 0 spiro atoms. The molecule has 4 aromatic rings. The van der Waals surface area contributed by atoms with E-state index in [0.29, 0.717) is 62.0 Å². The highest BCUT2D eigenvalue weighted by Crippen LogP contribution is 2.36. The van der Waals surface area contributed by atoms with Crippen LogP contribution in [0.3, 0.4) is 0 Å². The predicted molar refractivity (Wildman–Crippen MR) is 211 cm³/mol. The Morgan fingerprint density at radius 3 is 1.47 bits per heavy atom. The van der Waals surface area contributed by atoms with E-state index in [1.807, 2.05) is 0 Å². The maximum atomic E-state index is 13.6. The van der Waals surface area contributed by atoms with Crippen LogP contribution in [-0.4, -0.2) is 105 Å². The Balaban J connectivity index is 0.000000250. The van der Waals surface area contributed by atoms with E-state index in [-0.39, 0.29) is 35.1 Å². The van der Waals surface area contributed by atoms with Crippen molar-refractivity contribution < 1.29 is 62.7 Å². The number of esters is 1. The zero-order chi connectivity index (χ0) is 43.9. The number of methoxy groups -OCH3 is 1. The first-order valence-corrected chi connectivity index (χ1v) is 17.6. The van der Waals surface area contributed by atoms with Gasteiger partial charge in [-0.2, -0.15) is 0 Å². The summed E-state index contributed by atoms with van der Waals surface area (Å²) in [7, 11) is 2.14. The average Bonchev–Trinajstić information content (AvgIpc) is 3.87. The van der Waals surface area contributed by atoms with Crippen LogP contribution in [0.1, 0.15) is 65.7 Å². The Morgan fingerprint density at radius 1 is 0.712 bits per heavy atom. The molecule has 0 bridgehead atoms. The molecule has 2 aliphatic rings. The molecule has 0 aliphatic carbocycles. The quantitative estimate of drug-likeness (QED) is 0.0821. The number of fused-ring (bicyclic) bond motifs is 2. The Bertz CT molecular complexity index is 2400. The van der Waals surface area contributed by atoms with E-state index in [1.54, 1.807) is 33.8 Å². The number of carbonyl (C=O) groups is 6. The van der Waals surface area contributed by atoms with E-state index in [4.69, 9.17) is 10.2 Å². The van der Waals surface area contributed by atoms with Crippen molar-refractivity contribution in [1.29, 1.82) is 0 Å². The number of amides is 4. The fourth-order valence-corrected chi connectivity index (χ4v) is 6.28. The number of ether oxygens (including phenoxy) is 1. The fraction of sp³-hybridized carbons (Fsp3) is 0.250. The van der Waals surface area contributed by atoms with Crippen LogP contribution in [0.2, 0.25) is 0 Å². The van der Waals surface area contributed by atoms with Gasteiger partial charge in [0.25, 0.3) is 23.6 Å². The molecule has 2 aliphatic heterocycles. The number of aliphatic carboxylic acids is 1. The average molecular weight is 821 g/mol. The highest BCUT2D eigenvalue weighted by Gasteiger charge is 2.28. The van der Waals surface area contributed by atoms with Crippen LogP contribution < -0.4 is 21.3 Å². The highest BCUT2D eigenvalue weighted by molar-refractivity contribution is 6.35. The summed E-state index contributed by atoms with van der Waals surface area (Å²) < 4.78 is 31.6. The molecule has 4 heterocycles. The monoisotopic (exact) mass is 820 g/mol. The van der Waals surface area contributed by atoms with Crippen molar-refractivity contribution in [1.82, 2.24) is 20.6 Å². The minimum atomic E-state index is -1.71. The summed E-state index contributed by atoms with van der Waals surface area (Å²) in [6.07, 6.45) is -0.0909. The third kappa shape index (κ3) is 9.96. The van der Waals surface area contributed by atoms with E-state index < -0.39 is 54.1 Å². The van der Waals surface area contributed by atoms with E-state index in [9.17, 15) is 47.8 Å². The number of carboxylic acids is 1. The van der Waals surface area contributed by atoms with Gasteiger partial charge < -0.3 is 56.4 Å². The number of aliphatic hydroxyl groups excluding tert-OH is 3. The topological polar surface area (TPSA) is 272 Å². The molecule has 17 nitrogen and oxygen atoms in total. The third-order valence-corrected chi connectivity index (χ3v) is 9.18. The molecule has 2 aromatic heterocycles. The largest absolute Gasteiger partial charge is 0.479 e. The van der Waals surface area contributed by atoms with E-state index >= 15 is 0 Å². The SMILES string of the molecule is CO.COC(=O)[C@@H](O)CNC(=O)c1c(C)[nH]c(/C=C2\C(=O)Nc3ccc(F)cc32)c1C.Cc1[nH]c(/C=C2\C(=O)Nc3ccc(F)cc32)c(C)c1C(=O)NC[C@H](O)C(=O)O. The molecule has 6 rings (SSSR count). The minimum absolute atomic E-state index is 0.257. The number of H-pyrrole nitrogens is 2. The Kier molecular flexibility index (Phi) is 14.4. The van der Waals surface area contributed by atoms with Crippen LogP contribution >= 0.6 is 0 Å². The number of aryl methyl sites for hydroxylation is 2. The number of hydrogen-bond donors (Lipinski definition) is 10. The number of halogens is 2. The van der Waals surface area contributed by atoms with Crippen LogP contribution in [0.5, 0.6) is 0 Å². The zero-order valence-corrected chi connectivity index (χ0v) is 32.6. The predicted octanol–water partition coefficient (Wildman–Crippen LogP) is 2.57. The molecule has 2 atom stereocenters. The summed E-state index contributed by atoms with van der Waals surface area (Å²) in [5, 5.41) is 44.7. The molecule has 59 heavy (non-hydrogen) atoms. The van der Waals surface area contributed by atoms with Gasteiger partial charge in [-0.15, -0.1) is 0 Å². The first-order valence-electron chi connectivity index (χ1n) is 17.6. The lowest BCUT2D eigenvalue weighted by Crippen LogP contribution is -2.37. The number of hydrogen-bond acceptors (Lipinski definition) is 10. The summed E-state index contributed by atoms with van der Waals surface area (Å²) in [5.41, 5.74) is 6.16. The zero-order valence-electron chi connectivity index (χ0n) is 32.6. The molecule has 0 radical (unpaired) electrons. The third-order valence-electron chi connectivity index (χ3n) is 9.18. The molecule has 2 aromatic carbocycles. The van der Waals surface area contributed by atoms with Gasteiger partial charge in [-0.25, -0.2) is 18.4 Å². The second kappa shape index (κ2) is 19.0. The van der Waals surface area contributed by atoms with Crippen LogP contribution in [0.15, 0.2) is 36.4 Å². The molecule has 0 saturated heterocycles. The highest BCUT2D eigenvalue weighted by atomic mass is 19.1. The minimum Gasteiger partial charge on any atom is -0.479 e. The fourth-order valence-electron chi connectivity index (χ4n) is 6.28. The molecule has 0 fully saturated rings. The summed E-state index contributed by atoms with van der Waals surface area (Å²) >= 11 is 0. The van der Waals surface area contributed by atoms with Gasteiger partial charge in [-0.3, -0.25) is 19.2 Å². The van der Waals surface area contributed by atoms with Gasteiger partial charge in [0.05, 0.1) is 42.5 Å². The van der Waals surface area contributed by atoms with Gasteiger partial charge in [0.15, 0.2) is 12.2 Å². The second-order valence-corrected chi connectivity index (χ2v) is 13.0. The Morgan fingerprint density at radius 2 is 1.10 bits per heavy atom. The van der Waals surface area contributed by atoms with Gasteiger partial charge in [0.1, 0.15) is 11.6 Å². The molecule has 312 valence electrons. The van der Waals surface area contributed by atoms with E-state index in [2.05, 4.69) is 36.0 Å². The van der Waals surface area contributed by atoms with E-state index in [0.717, 1.165) is 14.2 Å². The number of aromatic amines is 2. The van der Waals surface area contributed by atoms with E-state index in [1.165, 1.54) is 42.5 Å². The van der Waals surface area contributed by atoms with Crippen LogP contribution in [0.25, 0.3) is 23.3 Å². The number of benzene rings is 2. The first kappa shape index (κ1) is 44.8. The maximum absolute atomic E-state index is 13.6. The summed E-state index contributed by atoms with van der Waals surface area (Å²) in [5.74, 6) is -5.04. The number of aliphatic hydroxyl groups is 3. The number of anilines is 2. The van der Waals surface area contributed by atoms with Crippen molar-refractivity contribution in [2.45, 2.75) is 39.9 Å². The number of rotatable bonds is 10.